The van der Waals surface area contributed by atoms with Gasteiger partial charge in [-0.05, 0) is 92.4 Å². The lowest BCUT2D eigenvalue weighted by Crippen LogP contribution is -2.26. The van der Waals surface area contributed by atoms with E-state index in [-0.39, 0.29) is 0 Å². The number of fused-ring (bicyclic) bond motifs is 10. The van der Waals surface area contributed by atoms with Crippen LogP contribution in [0.15, 0.2) is 156 Å². The predicted octanol–water partition coefficient (Wildman–Crippen LogP) is 11.9. The van der Waals surface area contributed by atoms with Gasteiger partial charge in [0.05, 0.1) is 15.2 Å². The standard InChI is InChI=1S/C49H30N6S2/c1-2-12-29(11-1)43-50-44(30-13-3-4-14-30)52-45(51-43)31-21-23-35-36-24-22-32(46-53-47(41-19-9-25-56-41)55-48(54-46)42-20-10-26-57-42)28-40(36)49(39(35)27-31)37-17-7-5-15-33(37)34-16-6-8-18-38(34)49/h1-11,13,15-28H,12,14H2. The van der Waals surface area contributed by atoms with E-state index in [1.807, 2.05) is 12.1 Å². The number of aromatic nitrogens is 6. The van der Waals surface area contributed by atoms with Gasteiger partial charge in [-0.3, -0.25) is 0 Å². The predicted molar refractivity (Wildman–Crippen MR) is 230 cm³/mol. The zero-order chi connectivity index (χ0) is 37.5. The highest BCUT2D eigenvalue weighted by Gasteiger charge is 2.52. The number of hydrogen-bond donors (Lipinski definition) is 0. The number of nitrogens with zero attached hydrogens (tertiary/aromatic N) is 6. The second-order valence-electron chi connectivity index (χ2n) is 14.6. The molecule has 268 valence electrons. The first-order valence-corrected chi connectivity index (χ1v) is 20.8. The highest BCUT2D eigenvalue weighted by molar-refractivity contribution is 7.13. The molecule has 0 fully saturated rings. The van der Waals surface area contributed by atoms with Gasteiger partial charge >= 0.3 is 0 Å². The quantitative estimate of drug-likeness (QED) is 0.168. The van der Waals surface area contributed by atoms with E-state index in [4.69, 9.17) is 29.9 Å². The molecule has 4 aliphatic carbocycles. The molecule has 4 aromatic carbocycles. The number of rotatable bonds is 6. The van der Waals surface area contributed by atoms with Crippen molar-refractivity contribution in [3.05, 3.63) is 190 Å². The Morgan fingerprint density at radius 1 is 0.404 bits per heavy atom. The number of benzene rings is 4. The molecule has 0 amide bonds. The summed E-state index contributed by atoms with van der Waals surface area (Å²) in [5.74, 6) is 4.16. The first-order valence-electron chi connectivity index (χ1n) is 19.0. The molecule has 0 saturated heterocycles. The SMILES string of the molecule is C1=CCC(c2nc(C3=CC=CC3)nc(-c3ccc4c(c3)C3(c5ccccc5-c5ccccc53)c3cc(-c5nc(-c6cccs6)nc(-c6cccs6)n5)ccc3-4)n2)=C1. The van der Waals surface area contributed by atoms with E-state index in [9.17, 15) is 0 Å². The van der Waals surface area contributed by atoms with Crippen LogP contribution in [0, 0.1) is 0 Å². The highest BCUT2D eigenvalue weighted by atomic mass is 32.1. The van der Waals surface area contributed by atoms with Gasteiger partial charge in [-0.2, -0.15) is 0 Å². The maximum atomic E-state index is 5.15. The summed E-state index contributed by atoms with van der Waals surface area (Å²) in [6.07, 6.45) is 14.3. The van der Waals surface area contributed by atoms with Crippen molar-refractivity contribution >= 4 is 33.8 Å². The van der Waals surface area contributed by atoms with Gasteiger partial charge in [0, 0.05) is 22.3 Å². The van der Waals surface area contributed by atoms with Crippen LogP contribution in [-0.4, -0.2) is 29.9 Å². The zero-order valence-electron chi connectivity index (χ0n) is 30.4. The van der Waals surface area contributed by atoms with Crippen molar-refractivity contribution in [1.29, 1.82) is 0 Å². The molecule has 12 rings (SSSR count). The molecule has 6 nitrogen and oxygen atoms in total. The molecule has 4 heterocycles. The fourth-order valence-corrected chi connectivity index (χ4v) is 10.3. The van der Waals surface area contributed by atoms with E-state index >= 15 is 0 Å². The molecule has 4 aliphatic rings. The third-order valence-electron chi connectivity index (χ3n) is 11.5. The third-order valence-corrected chi connectivity index (χ3v) is 13.2. The summed E-state index contributed by atoms with van der Waals surface area (Å²) < 4.78 is 0. The zero-order valence-corrected chi connectivity index (χ0v) is 32.1. The fraction of sp³-hybridized carbons (Fsp3) is 0.0612. The summed E-state index contributed by atoms with van der Waals surface area (Å²) >= 11 is 3.27. The average molecular weight is 767 g/mol. The minimum Gasteiger partial charge on any atom is -0.209 e. The Labute approximate surface area is 337 Å². The molecular weight excluding hydrogens is 737 g/mol. The molecule has 8 aromatic rings. The van der Waals surface area contributed by atoms with Crippen molar-refractivity contribution in [2.24, 2.45) is 0 Å². The average Bonchev–Trinajstić information content (AvgIpc) is 4.13. The first-order chi connectivity index (χ1) is 28.2. The van der Waals surface area contributed by atoms with E-state index in [2.05, 4.69) is 144 Å². The van der Waals surface area contributed by atoms with Crippen molar-refractivity contribution in [1.82, 2.24) is 29.9 Å². The van der Waals surface area contributed by atoms with Crippen LogP contribution in [0.1, 0.15) is 46.7 Å². The molecule has 0 aliphatic heterocycles. The molecule has 0 N–H and O–H groups in total. The van der Waals surface area contributed by atoms with Crippen LogP contribution >= 0.6 is 22.7 Å². The van der Waals surface area contributed by atoms with Crippen LogP contribution in [0.4, 0.5) is 0 Å². The number of thiophene rings is 2. The van der Waals surface area contributed by atoms with Crippen molar-refractivity contribution in [2.75, 3.05) is 0 Å². The Morgan fingerprint density at radius 2 is 0.842 bits per heavy atom. The van der Waals surface area contributed by atoms with E-state index in [1.165, 1.54) is 44.5 Å². The first kappa shape index (κ1) is 32.5. The molecule has 8 heteroatoms. The minimum absolute atomic E-state index is 0.599. The molecule has 0 atom stereocenters. The summed E-state index contributed by atoms with van der Waals surface area (Å²) in [7, 11) is 0. The topological polar surface area (TPSA) is 77.3 Å². The normalized spacial score (nSPS) is 15.1. The number of hydrogen-bond acceptors (Lipinski definition) is 8. The largest absolute Gasteiger partial charge is 0.209 e. The molecule has 4 aromatic heterocycles. The van der Waals surface area contributed by atoms with Gasteiger partial charge < -0.3 is 0 Å². The Hall–Kier alpha value is -6.74. The summed E-state index contributed by atoms with van der Waals surface area (Å²) in [4.78, 5) is 32.5. The van der Waals surface area contributed by atoms with Crippen LogP contribution in [0.3, 0.4) is 0 Å². The number of allylic oxidation sites excluding steroid dienone is 8. The Kier molecular flexibility index (Phi) is 7.21. The molecule has 1 spiro atoms. The van der Waals surface area contributed by atoms with Gasteiger partial charge in [0.25, 0.3) is 0 Å². The van der Waals surface area contributed by atoms with Crippen molar-refractivity contribution < 1.29 is 0 Å². The molecule has 0 radical (unpaired) electrons. The van der Waals surface area contributed by atoms with Crippen LogP contribution in [0.5, 0.6) is 0 Å². The lowest BCUT2D eigenvalue weighted by molar-refractivity contribution is 0.794. The Balaban J connectivity index is 1.09. The van der Waals surface area contributed by atoms with E-state index in [1.54, 1.807) is 22.7 Å². The lowest BCUT2D eigenvalue weighted by atomic mass is 9.70. The van der Waals surface area contributed by atoms with Gasteiger partial charge in [-0.1, -0.05) is 121 Å². The fourth-order valence-electron chi connectivity index (χ4n) is 8.97. The molecule has 0 saturated carbocycles. The van der Waals surface area contributed by atoms with Crippen molar-refractivity contribution in [3.8, 4) is 66.4 Å². The van der Waals surface area contributed by atoms with Crippen molar-refractivity contribution in [3.63, 3.8) is 0 Å². The third kappa shape index (κ3) is 4.94. The van der Waals surface area contributed by atoms with Crippen molar-refractivity contribution in [2.45, 2.75) is 18.3 Å². The minimum atomic E-state index is -0.599. The van der Waals surface area contributed by atoms with E-state index < -0.39 is 5.41 Å². The Morgan fingerprint density at radius 3 is 1.30 bits per heavy atom. The second-order valence-corrected chi connectivity index (χ2v) is 16.5. The van der Waals surface area contributed by atoms with Crippen LogP contribution in [-0.2, 0) is 5.41 Å². The maximum Gasteiger partial charge on any atom is 0.174 e. The molecular formula is C49H30N6S2. The summed E-state index contributed by atoms with van der Waals surface area (Å²) in [6.45, 7) is 0. The summed E-state index contributed by atoms with van der Waals surface area (Å²) in [5, 5.41) is 4.13. The molecule has 57 heavy (non-hydrogen) atoms. The van der Waals surface area contributed by atoms with Gasteiger partial charge in [0.1, 0.15) is 0 Å². The summed E-state index contributed by atoms with van der Waals surface area (Å²) in [6, 6.07) is 39.5. The maximum absolute atomic E-state index is 5.15. The second kappa shape index (κ2) is 12.6. The van der Waals surface area contributed by atoms with Gasteiger partial charge in [-0.25, -0.2) is 29.9 Å². The molecule has 0 unspecified atom stereocenters. The summed E-state index contributed by atoms with van der Waals surface area (Å²) in [5.41, 5.74) is 13.3. The Bertz CT molecular complexity index is 2930. The smallest absolute Gasteiger partial charge is 0.174 e. The lowest BCUT2D eigenvalue weighted by Gasteiger charge is -2.31. The highest BCUT2D eigenvalue weighted by Crippen LogP contribution is 2.63. The van der Waals surface area contributed by atoms with Gasteiger partial charge in [-0.15, -0.1) is 22.7 Å². The van der Waals surface area contributed by atoms with Gasteiger partial charge in [0.15, 0.2) is 34.9 Å². The van der Waals surface area contributed by atoms with Crippen LogP contribution in [0.25, 0.3) is 77.6 Å². The molecule has 0 bridgehead atoms. The van der Waals surface area contributed by atoms with Gasteiger partial charge in [0.2, 0.25) is 0 Å². The van der Waals surface area contributed by atoms with Crippen LogP contribution in [0.2, 0.25) is 0 Å². The van der Waals surface area contributed by atoms with E-state index in [0.29, 0.717) is 23.3 Å². The monoisotopic (exact) mass is 766 g/mol. The van der Waals surface area contributed by atoms with Crippen LogP contribution < -0.4 is 0 Å². The van der Waals surface area contributed by atoms with E-state index in [0.717, 1.165) is 56.5 Å².